The molecule has 0 spiro atoms. The molecule has 1 aliphatic rings. The van der Waals surface area contributed by atoms with Crippen LogP contribution >= 0.6 is 35.3 Å². The van der Waals surface area contributed by atoms with Crippen molar-refractivity contribution < 1.29 is 4.74 Å². The first-order chi connectivity index (χ1) is 14.5. The number of hydrogen-bond acceptors (Lipinski definition) is 5. The van der Waals surface area contributed by atoms with Crippen molar-refractivity contribution in [3.05, 3.63) is 52.0 Å². The van der Waals surface area contributed by atoms with Gasteiger partial charge in [-0.15, -0.1) is 35.3 Å². The lowest BCUT2D eigenvalue weighted by molar-refractivity contribution is 0.0355. The minimum absolute atomic E-state index is 0. The van der Waals surface area contributed by atoms with Crippen molar-refractivity contribution >= 4 is 41.3 Å². The topological polar surface area (TPSA) is 70.6 Å². The van der Waals surface area contributed by atoms with Gasteiger partial charge in [0.2, 0.25) is 0 Å². The number of ether oxygens (including phenoxy) is 1. The molecule has 1 aromatic heterocycles. The Morgan fingerprint density at radius 3 is 2.48 bits per heavy atom. The molecule has 3 N–H and O–H groups in total. The predicted octanol–water partition coefficient (Wildman–Crippen LogP) is 4.45. The fraction of sp³-hybridized carbons (Fsp3) is 0.565. The molecule has 8 heteroatoms. The SMILES string of the molecule is CN=C(NCc1nc(C(C)C)cs1)NCC1(NC(C)c2ccccc2)CCOCC1.I. The quantitative estimate of drug-likeness (QED) is 0.254. The summed E-state index contributed by atoms with van der Waals surface area (Å²) in [6.07, 6.45) is 1.94. The van der Waals surface area contributed by atoms with E-state index in [1.165, 1.54) is 5.56 Å². The average Bonchev–Trinajstić information content (AvgIpc) is 3.25. The fourth-order valence-electron chi connectivity index (χ4n) is 3.72. The first kappa shape index (κ1) is 26.0. The minimum atomic E-state index is -0.0306. The number of thiazole rings is 1. The maximum absolute atomic E-state index is 5.65. The number of guanidine groups is 1. The van der Waals surface area contributed by atoms with Crippen molar-refractivity contribution in [2.45, 2.75) is 57.7 Å². The zero-order valence-electron chi connectivity index (χ0n) is 19.0. The molecular weight excluding hydrogens is 521 g/mol. The highest BCUT2D eigenvalue weighted by Crippen LogP contribution is 2.25. The van der Waals surface area contributed by atoms with Gasteiger partial charge in [0.05, 0.1) is 12.2 Å². The molecule has 1 aliphatic heterocycles. The van der Waals surface area contributed by atoms with Gasteiger partial charge in [-0.3, -0.25) is 4.99 Å². The van der Waals surface area contributed by atoms with Crippen molar-refractivity contribution in [2.24, 2.45) is 4.99 Å². The number of hydrogen-bond donors (Lipinski definition) is 3. The molecule has 0 radical (unpaired) electrons. The molecule has 0 saturated carbocycles. The van der Waals surface area contributed by atoms with Gasteiger partial charge in [0, 0.05) is 43.8 Å². The van der Waals surface area contributed by atoms with E-state index < -0.39 is 0 Å². The largest absolute Gasteiger partial charge is 0.381 e. The van der Waals surface area contributed by atoms with Crippen molar-refractivity contribution in [2.75, 3.05) is 26.8 Å². The molecular formula is C23H36IN5OS. The van der Waals surface area contributed by atoms with Gasteiger partial charge in [-0.05, 0) is 31.2 Å². The van der Waals surface area contributed by atoms with E-state index in [0.717, 1.165) is 49.3 Å². The Bertz CT molecular complexity index is 805. The maximum atomic E-state index is 5.65. The summed E-state index contributed by atoms with van der Waals surface area (Å²) in [6.45, 7) is 9.60. The summed E-state index contributed by atoms with van der Waals surface area (Å²) < 4.78 is 5.65. The van der Waals surface area contributed by atoms with E-state index in [1.54, 1.807) is 11.3 Å². The molecule has 1 atom stereocenters. The lowest BCUT2D eigenvalue weighted by Gasteiger charge is -2.41. The molecule has 6 nitrogen and oxygen atoms in total. The number of nitrogens with one attached hydrogen (secondary N) is 3. The molecule has 1 unspecified atom stereocenters. The van der Waals surface area contributed by atoms with E-state index in [1.807, 2.05) is 7.05 Å². The van der Waals surface area contributed by atoms with Crippen molar-refractivity contribution in [1.82, 2.24) is 20.9 Å². The van der Waals surface area contributed by atoms with Crippen molar-refractivity contribution in [1.29, 1.82) is 0 Å². The van der Waals surface area contributed by atoms with Crippen LogP contribution in [0.25, 0.3) is 0 Å². The summed E-state index contributed by atoms with van der Waals surface area (Å²) in [4.78, 5) is 9.11. The van der Waals surface area contributed by atoms with Crippen LogP contribution < -0.4 is 16.0 Å². The average molecular weight is 558 g/mol. The fourth-order valence-corrected chi connectivity index (χ4v) is 4.62. The van der Waals surface area contributed by atoms with E-state index in [2.05, 4.69) is 77.4 Å². The molecule has 172 valence electrons. The zero-order valence-corrected chi connectivity index (χ0v) is 22.1. The summed E-state index contributed by atoms with van der Waals surface area (Å²) in [5.41, 5.74) is 2.42. The summed E-state index contributed by atoms with van der Waals surface area (Å²) in [6, 6.07) is 10.9. The van der Waals surface area contributed by atoms with Crippen LogP contribution in [0.4, 0.5) is 0 Å². The van der Waals surface area contributed by atoms with E-state index in [-0.39, 0.29) is 35.6 Å². The maximum Gasteiger partial charge on any atom is 0.191 e. The molecule has 3 rings (SSSR count). The Kier molecular flexibility index (Phi) is 10.7. The molecule has 0 aliphatic carbocycles. The molecule has 2 heterocycles. The van der Waals surface area contributed by atoms with Crippen LogP contribution in [0.2, 0.25) is 0 Å². The van der Waals surface area contributed by atoms with Crippen LogP contribution in [-0.2, 0) is 11.3 Å². The number of halogens is 1. The van der Waals surface area contributed by atoms with Crippen LogP contribution in [0.5, 0.6) is 0 Å². The van der Waals surface area contributed by atoms with Crippen LogP contribution in [0.3, 0.4) is 0 Å². The third kappa shape index (κ3) is 7.69. The van der Waals surface area contributed by atoms with Gasteiger partial charge in [-0.25, -0.2) is 4.98 Å². The lowest BCUT2D eigenvalue weighted by atomic mass is 9.88. The summed E-state index contributed by atoms with van der Waals surface area (Å²) in [7, 11) is 1.81. The standard InChI is InChI=1S/C23H35N5OS.HI/c1-17(2)20-15-30-21(27-20)14-25-22(24-4)26-16-23(10-12-29-13-11-23)28-18(3)19-8-6-5-7-9-19;/h5-9,15,17-18,28H,10-14,16H2,1-4H3,(H2,24,25,26);1H. The highest BCUT2D eigenvalue weighted by Gasteiger charge is 2.34. The van der Waals surface area contributed by atoms with E-state index in [0.29, 0.717) is 12.5 Å². The summed E-state index contributed by atoms with van der Waals surface area (Å²) >= 11 is 1.70. The third-order valence-corrected chi connectivity index (χ3v) is 6.53. The molecule has 1 aromatic carbocycles. The van der Waals surface area contributed by atoms with Gasteiger partial charge in [0.25, 0.3) is 0 Å². The Hall–Kier alpha value is -1.23. The Morgan fingerprint density at radius 1 is 1.16 bits per heavy atom. The van der Waals surface area contributed by atoms with Gasteiger partial charge in [-0.2, -0.15) is 0 Å². The van der Waals surface area contributed by atoms with Gasteiger partial charge in [0.1, 0.15) is 5.01 Å². The number of aliphatic imine (C=N–C) groups is 1. The summed E-state index contributed by atoms with van der Waals surface area (Å²) in [5.74, 6) is 1.26. The molecule has 31 heavy (non-hydrogen) atoms. The molecule has 0 bridgehead atoms. The Balaban J connectivity index is 0.00000341. The second kappa shape index (κ2) is 12.7. The Morgan fingerprint density at radius 2 is 1.87 bits per heavy atom. The van der Waals surface area contributed by atoms with E-state index in [9.17, 15) is 0 Å². The van der Waals surface area contributed by atoms with Gasteiger partial charge in [0.15, 0.2) is 5.96 Å². The Labute approximate surface area is 207 Å². The number of nitrogens with zero attached hydrogens (tertiary/aromatic N) is 2. The van der Waals surface area contributed by atoms with Crippen LogP contribution in [0.15, 0.2) is 40.7 Å². The van der Waals surface area contributed by atoms with Gasteiger partial charge in [-0.1, -0.05) is 44.2 Å². The normalized spacial score (nSPS) is 17.1. The third-order valence-electron chi connectivity index (χ3n) is 5.66. The summed E-state index contributed by atoms with van der Waals surface area (Å²) in [5, 5.41) is 14.0. The second-order valence-electron chi connectivity index (χ2n) is 8.27. The number of rotatable bonds is 8. The molecule has 1 fully saturated rings. The first-order valence-electron chi connectivity index (χ1n) is 10.8. The molecule has 1 saturated heterocycles. The lowest BCUT2D eigenvalue weighted by Crippen LogP contribution is -2.58. The van der Waals surface area contributed by atoms with Crippen LogP contribution in [0, 0.1) is 0 Å². The molecule has 0 amide bonds. The van der Waals surface area contributed by atoms with Crippen molar-refractivity contribution in [3.8, 4) is 0 Å². The van der Waals surface area contributed by atoms with E-state index in [4.69, 9.17) is 9.72 Å². The van der Waals surface area contributed by atoms with E-state index >= 15 is 0 Å². The van der Waals surface area contributed by atoms with Crippen LogP contribution in [0.1, 0.15) is 61.8 Å². The van der Waals surface area contributed by atoms with Crippen LogP contribution in [-0.4, -0.2) is 43.3 Å². The molecule has 2 aromatic rings. The monoisotopic (exact) mass is 557 g/mol. The number of benzene rings is 1. The first-order valence-corrected chi connectivity index (χ1v) is 11.7. The predicted molar refractivity (Wildman–Crippen MR) is 141 cm³/mol. The zero-order chi connectivity index (χ0) is 21.4. The second-order valence-corrected chi connectivity index (χ2v) is 9.21. The smallest absolute Gasteiger partial charge is 0.191 e. The highest BCUT2D eigenvalue weighted by molar-refractivity contribution is 14.0. The number of aromatic nitrogens is 1. The van der Waals surface area contributed by atoms with Gasteiger partial charge < -0.3 is 20.7 Å². The van der Waals surface area contributed by atoms with Gasteiger partial charge >= 0.3 is 0 Å². The highest BCUT2D eigenvalue weighted by atomic mass is 127. The van der Waals surface area contributed by atoms with Crippen molar-refractivity contribution in [3.63, 3.8) is 0 Å². The minimum Gasteiger partial charge on any atom is -0.381 e.